The van der Waals surface area contributed by atoms with Crippen molar-refractivity contribution in [3.8, 4) is 11.5 Å². The Kier molecular flexibility index (Phi) is 7.53. The van der Waals surface area contributed by atoms with E-state index in [1.165, 1.54) is 0 Å². The van der Waals surface area contributed by atoms with Gasteiger partial charge in [-0.05, 0) is 49.4 Å². The quantitative estimate of drug-likeness (QED) is 0.418. The first-order valence-electron chi connectivity index (χ1n) is 10.2. The molecular formula is C22H23F3O7S. The number of hydrogen-bond donors (Lipinski definition) is 1. The summed E-state index contributed by atoms with van der Waals surface area (Å²) in [6.07, 6.45) is -1.29. The lowest BCUT2D eigenvalue weighted by atomic mass is 9.79. The molecule has 0 aliphatic heterocycles. The number of benzene rings is 2. The number of halogens is 3. The van der Waals surface area contributed by atoms with E-state index in [9.17, 15) is 26.4 Å². The molecule has 1 aliphatic carbocycles. The molecule has 0 saturated heterocycles. The van der Waals surface area contributed by atoms with Gasteiger partial charge in [-0.25, -0.2) is 4.79 Å². The minimum absolute atomic E-state index is 0.158. The third-order valence-corrected chi connectivity index (χ3v) is 5.93. The van der Waals surface area contributed by atoms with Gasteiger partial charge in [0.25, 0.3) is 10.1 Å². The number of carbonyl (C=O) groups excluding carboxylic acids is 1. The van der Waals surface area contributed by atoms with Crippen molar-refractivity contribution in [2.24, 2.45) is 0 Å². The standard InChI is InChI=1S/C22H23F3O7S/c23-22(24,25)32-18-10-9-16(20(26)30-13-14-33(27,28)29)15-19(18)31-21(11-5-2-6-12-21)17-7-3-1-4-8-17/h1,3-4,7-10,15H,2,5-6,11-14H2,(H,27,28,29). The Morgan fingerprint density at radius 1 is 1.00 bits per heavy atom. The average Bonchev–Trinajstić information content (AvgIpc) is 2.74. The van der Waals surface area contributed by atoms with Crippen molar-refractivity contribution < 1.29 is 45.1 Å². The Labute approximate surface area is 189 Å². The van der Waals surface area contributed by atoms with Gasteiger partial charge in [0, 0.05) is 0 Å². The summed E-state index contributed by atoms with van der Waals surface area (Å²) in [6.45, 7) is -0.622. The third-order valence-electron chi connectivity index (χ3n) is 5.25. The van der Waals surface area contributed by atoms with E-state index in [0.717, 1.165) is 43.0 Å². The van der Waals surface area contributed by atoms with Crippen molar-refractivity contribution in [3.63, 3.8) is 0 Å². The molecule has 0 atom stereocenters. The molecular weight excluding hydrogens is 465 g/mol. The van der Waals surface area contributed by atoms with Crippen LogP contribution in [0.4, 0.5) is 13.2 Å². The molecule has 0 heterocycles. The topological polar surface area (TPSA) is 99.1 Å². The summed E-state index contributed by atoms with van der Waals surface area (Å²) >= 11 is 0. The Bertz CT molecular complexity index is 1060. The normalized spacial score (nSPS) is 16.1. The number of hydrogen-bond acceptors (Lipinski definition) is 6. The fourth-order valence-corrected chi connectivity index (χ4v) is 4.07. The Hall–Kier alpha value is -2.79. The van der Waals surface area contributed by atoms with E-state index in [4.69, 9.17) is 14.0 Å². The molecule has 33 heavy (non-hydrogen) atoms. The monoisotopic (exact) mass is 488 g/mol. The van der Waals surface area contributed by atoms with Crippen molar-refractivity contribution in [1.82, 2.24) is 0 Å². The Morgan fingerprint density at radius 2 is 1.67 bits per heavy atom. The number of ether oxygens (including phenoxy) is 3. The molecule has 3 rings (SSSR count). The van der Waals surface area contributed by atoms with Crippen LogP contribution in [0.5, 0.6) is 11.5 Å². The molecule has 0 unspecified atom stereocenters. The second-order valence-corrected chi connectivity index (χ2v) is 9.23. The molecule has 1 N–H and O–H groups in total. The van der Waals surface area contributed by atoms with E-state index in [0.29, 0.717) is 12.8 Å². The molecule has 2 aromatic carbocycles. The largest absolute Gasteiger partial charge is 0.573 e. The molecule has 7 nitrogen and oxygen atoms in total. The predicted molar refractivity (Wildman–Crippen MR) is 112 cm³/mol. The maximum Gasteiger partial charge on any atom is 0.573 e. The summed E-state index contributed by atoms with van der Waals surface area (Å²) in [5, 5.41) is 0. The van der Waals surface area contributed by atoms with Gasteiger partial charge in [-0.3, -0.25) is 4.55 Å². The van der Waals surface area contributed by atoms with Crippen LogP contribution in [0, 0.1) is 0 Å². The number of esters is 1. The second-order valence-electron chi connectivity index (χ2n) is 7.65. The first-order chi connectivity index (χ1) is 15.5. The molecule has 0 spiro atoms. The van der Waals surface area contributed by atoms with Gasteiger partial charge >= 0.3 is 12.3 Å². The van der Waals surface area contributed by atoms with E-state index in [1.54, 1.807) is 0 Å². The van der Waals surface area contributed by atoms with Gasteiger partial charge in [0.15, 0.2) is 11.5 Å². The molecule has 0 aromatic heterocycles. The van der Waals surface area contributed by atoms with E-state index in [-0.39, 0.29) is 11.3 Å². The maximum absolute atomic E-state index is 13.0. The summed E-state index contributed by atoms with van der Waals surface area (Å²) < 4.78 is 84.5. The number of alkyl halides is 3. The lowest BCUT2D eigenvalue weighted by molar-refractivity contribution is -0.275. The van der Waals surface area contributed by atoms with Crippen LogP contribution in [-0.2, 0) is 20.5 Å². The summed E-state index contributed by atoms with van der Waals surface area (Å²) in [7, 11) is -4.34. The van der Waals surface area contributed by atoms with E-state index >= 15 is 0 Å². The highest BCUT2D eigenvalue weighted by Gasteiger charge is 2.39. The summed E-state index contributed by atoms with van der Waals surface area (Å²) in [5.74, 6) is -2.70. The Balaban J connectivity index is 1.94. The fraction of sp³-hybridized carbons (Fsp3) is 0.409. The van der Waals surface area contributed by atoms with Crippen LogP contribution in [0.2, 0.25) is 0 Å². The van der Waals surface area contributed by atoms with E-state index in [1.807, 2.05) is 30.3 Å². The van der Waals surface area contributed by atoms with Crippen LogP contribution in [0.1, 0.15) is 48.0 Å². The Morgan fingerprint density at radius 3 is 2.27 bits per heavy atom. The van der Waals surface area contributed by atoms with Gasteiger partial charge in [-0.15, -0.1) is 13.2 Å². The van der Waals surface area contributed by atoms with Gasteiger partial charge in [-0.2, -0.15) is 8.42 Å². The van der Waals surface area contributed by atoms with Gasteiger partial charge in [-0.1, -0.05) is 36.8 Å². The number of carbonyl (C=O) groups is 1. The average molecular weight is 488 g/mol. The van der Waals surface area contributed by atoms with Crippen molar-refractivity contribution in [2.45, 2.75) is 44.1 Å². The maximum atomic E-state index is 13.0. The molecule has 2 aromatic rings. The van der Waals surface area contributed by atoms with Crippen molar-refractivity contribution >= 4 is 16.1 Å². The molecule has 0 bridgehead atoms. The van der Waals surface area contributed by atoms with E-state index < -0.39 is 46.2 Å². The molecule has 1 saturated carbocycles. The first kappa shape index (κ1) is 24.8. The van der Waals surface area contributed by atoms with Crippen LogP contribution >= 0.6 is 0 Å². The zero-order chi connectivity index (χ0) is 24.1. The van der Waals surface area contributed by atoms with Crippen LogP contribution in [0.25, 0.3) is 0 Å². The van der Waals surface area contributed by atoms with Crippen molar-refractivity contribution in [3.05, 3.63) is 59.7 Å². The fourth-order valence-electron chi connectivity index (χ4n) is 3.77. The van der Waals surface area contributed by atoms with Crippen molar-refractivity contribution in [1.29, 1.82) is 0 Å². The number of rotatable bonds is 8. The highest BCUT2D eigenvalue weighted by atomic mass is 32.2. The lowest BCUT2D eigenvalue weighted by Gasteiger charge is -2.38. The van der Waals surface area contributed by atoms with Crippen LogP contribution in [0.3, 0.4) is 0 Å². The highest BCUT2D eigenvalue weighted by molar-refractivity contribution is 7.85. The van der Waals surface area contributed by atoms with Gasteiger partial charge in [0.1, 0.15) is 18.0 Å². The molecule has 11 heteroatoms. The molecule has 180 valence electrons. The first-order valence-corrected chi connectivity index (χ1v) is 11.8. The highest BCUT2D eigenvalue weighted by Crippen LogP contribution is 2.44. The zero-order valence-corrected chi connectivity index (χ0v) is 18.3. The van der Waals surface area contributed by atoms with Crippen LogP contribution in [-0.4, -0.2) is 37.7 Å². The van der Waals surface area contributed by atoms with Crippen LogP contribution in [0.15, 0.2) is 48.5 Å². The molecule has 1 fully saturated rings. The minimum atomic E-state index is -4.98. The lowest BCUT2D eigenvalue weighted by Crippen LogP contribution is -2.35. The summed E-state index contributed by atoms with van der Waals surface area (Å²) in [4.78, 5) is 12.3. The SMILES string of the molecule is O=C(OCCS(=O)(=O)O)c1ccc(OC(F)(F)F)c(OC2(c3ccccc3)CCCCC2)c1. The molecule has 0 radical (unpaired) electrons. The third kappa shape index (κ3) is 7.10. The summed E-state index contributed by atoms with van der Waals surface area (Å²) in [6, 6.07) is 12.2. The van der Waals surface area contributed by atoms with Gasteiger partial charge in [0.2, 0.25) is 0 Å². The predicted octanol–water partition coefficient (Wildman–Crippen LogP) is 4.87. The van der Waals surface area contributed by atoms with Gasteiger partial charge < -0.3 is 14.2 Å². The van der Waals surface area contributed by atoms with Crippen LogP contribution < -0.4 is 9.47 Å². The molecule has 1 aliphatic rings. The smallest absolute Gasteiger partial charge is 0.479 e. The second kappa shape index (κ2) is 10.0. The summed E-state index contributed by atoms with van der Waals surface area (Å²) in [5.41, 5.74) is -0.269. The molecule has 0 amide bonds. The van der Waals surface area contributed by atoms with E-state index in [2.05, 4.69) is 4.74 Å². The zero-order valence-electron chi connectivity index (χ0n) is 17.5. The minimum Gasteiger partial charge on any atom is -0.479 e. The van der Waals surface area contributed by atoms with Gasteiger partial charge in [0.05, 0.1) is 5.56 Å². The van der Waals surface area contributed by atoms with Crippen molar-refractivity contribution in [2.75, 3.05) is 12.4 Å².